The highest BCUT2D eigenvalue weighted by Crippen LogP contribution is 2.77. The zero-order valence-electron chi connectivity index (χ0n) is 9.64. The van der Waals surface area contributed by atoms with Gasteiger partial charge in [0, 0.05) is 5.41 Å². The summed E-state index contributed by atoms with van der Waals surface area (Å²) in [7, 11) is 1.65. The van der Waals surface area contributed by atoms with Crippen molar-refractivity contribution >= 4 is 5.90 Å². The third kappa shape index (κ3) is 1.14. The molecule has 2 heteroatoms. The van der Waals surface area contributed by atoms with Crippen LogP contribution in [0.4, 0.5) is 0 Å². The summed E-state index contributed by atoms with van der Waals surface area (Å²) in [5, 5.41) is 7.81. The van der Waals surface area contributed by atoms with Crippen molar-refractivity contribution in [3.05, 3.63) is 0 Å². The van der Waals surface area contributed by atoms with Crippen LogP contribution in [0, 0.1) is 22.2 Å². The second kappa shape index (κ2) is 2.99. The summed E-state index contributed by atoms with van der Waals surface area (Å²) in [6.45, 7) is 0. The molecule has 0 saturated heterocycles. The number of rotatable bonds is 2. The Morgan fingerprint density at radius 2 is 1.73 bits per heavy atom. The van der Waals surface area contributed by atoms with E-state index in [1.807, 2.05) is 0 Å². The Hall–Kier alpha value is -0.530. The Morgan fingerprint density at radius 3 is 2.27 bits per heavy atom. The van der Waals surface area contributed by atoms with Gasteiger partial charge >= 0.3 is 0 Å². The molecule has 0 heterocycles. The Balaban J connectivity index is 1.62. The monoisotopic (exact) mass is 207 g/mol. The molecule has 0 atom stereocenters. The van der Waals surface area contributed by atoms with E-state index in [0.29, 0.717) is 11.3 Å². The summed E-state index contributed by atoms with van der Waals surface area (Å²) in [4.78, 5) is 0. The van der Waals surface area contributed by atoms with E-state index in [1.54, 1.807) is 7.11 Å². The minimum Gasteiger partial charge on any atom is -0.484 e. The van der Waals surface area contributed by atoms with Crippen LogP contribution < -0.4 is 0 Å². The fraction of sp³-hybridized carbons (Fsp3) is 0.923. The average Bonchev–Trinajstić information content (AvgIpc) is 2.15. The molecule has 0 aromatic carbocycles. The second-order valence-electron chi connectivity index (χ2n) is 6.04. The molecular formula is C13H21NO. The molecule has 2 bridgehead atoms. The van der Waals surface area contributed by atoms with Gasteiger partial charge in [-0.05, 0) is 43.4 Å². The van der Waals surface area contributed by atoms with Gasteiger partial charge in [-0.3, -0.25) is 5.41 Å². The molecule has 4 rings (SSSR count). The summed E-state index contributed by atoms with van der Waals surface area (Å²) in [5.41, 5.74) is 0.859. The smallest absolute Gasteiger partial charge is 0.186 e. The van der Waals surface area contributed by atoms with Crippen molar-refractivity contribution in [1.82, 2.24) is 0 Å². The molecule has 15 heavy (non-hydrogen) atoms. The van der Waals surface area contributed by atoms with E-state index >= 15 is 0 Å². The first-order chi connectivity index (χ1) is 7.21. The molecule has 0 aromatic heterocycles. The van der Waals surface area contributed by atoms with Gasteiger partial charge in [0.25, 0.3) is 0 Å². The molecule has 4 fully saturated rings. The van der Waals surface area contributed by atoms with Crippen molar-refractivity contribution < 1.29 is 4.74 Å². The van der Waals surface area contributed by atoms with Crippen molar-refractivity contribution in [1.29, 1.82) is 5.41 Å². The summed E-state index contributed by atoms with van der Waals surface area (Å²) in [5.74, 6) is 1.54. The Bertz CT molecular complexity index is 271. The van der Waals surface area contributed by atoms with Crippen molar-refractivity contribution in [2.45, 2.75) is 51.4 Å². The maximum Gasteiger partial charge on any atom is 0.186 e. The van der Waals surface area contributed by atoms with E-state index in [4.69, 9.17) is 10.1 Å². The predicted octanol–water partition coefficient (Wildman–Crippen LogP) is 3.36. The second-order valence-corrected chi connectivity index (χ2v) is 6.04. The lowest BCUT2D eigenvalue weighted by Gasteiger charge is -2.73. The van der Waals surface area contributed by atoms with E-state index in [2.05, 4.69) is 0 Å². The molecule has 4 saturated carbocycles. The van der Waals surface area contributed by atoms with E-state index in [9.17, 15) is 0 Å². The Labute approximate surface area is 91.9 Å². The first-order valence-corrected chi connectivity index (χ1v) is 6.34. The fourth-order valence-electron chi connectivity index (χ4n) is 4.47. The molecule has 4 aliphatic carbocycles. The Kier molecular flexibility index (Phi) is 1.93. The van der Waals surface area contributed by atoms with Gasteiger partial charge < -0.3 is 4.74 Å². The highest BCUT2D eigenvalue weighted by atomic mass is 16.5. The largest absolute Gasteiger partial charge is 0.484 e. The molecule has 2 nitrogen and oxygen atoms in total. The molecule has 0 amide bonds. The SMILES string of the molecule is COC(=N)C12CC(C3CCCCC3)(C1)C2. The van der Waals surface area contributed by atoms with Gasteiger partial charge in [0.15, 0.2) is 5.90 Å². The third-order valence-corrected chi connectivity index (χ3v) is 5.23. The van der Waals surface area contributed by atoms with Gasteiger partial charge in [-0.2, -0.15) is 0 Å². The number of methoxy groups -OCH3 is 1. The molecule has 0 aliphatic heterocycles. The van der Waals surface area contributed by atoms with Crippen molar-refractivity contribution in [2.24, 2.45) is 16.7 Å². The topological polar surface area (TPSA) is 33.1 Å². The van der Waals surface area contributed by atoms with Crippen molar-refractivity contribution in [3.8, 4) is 0 Å². The molecule has 1 N–H and O–H groups in total. The molecule has 0 spiro atoms. The maximum atomic E-state index is 7.81. The zero-order valence-corrected chi connectivity index (χ0v) is 9.64. The number of hydrogen-bond donors (Lipinski definition) is 1. The van der Waals surface area contributed by atoms with E-state index in [1.165, 1.54) is 51.4 Å². The van der Waals surface area contributed by atoms with Crippen molar-refractivity contribution in [2.75, 3.05) is 7.11 Å². The molecule has 4 aliphatic rings. The summed E-state index contributed by atoms with van der Waals surface area (Å²) < 4.78 is 5.11. The van der Waals surface area contributed by atoms with Gasteiger partial charge in [-0.15, -0.1) is 0 Å². The lowest BCUT2D eigenvalue weighted by Crippen LogP contribution is -2.68. The van der Waals surface area contributed by atoms with Crippen LogP contribution in [0.15, 0.2) is 0 Å². The highest BCUT2D eigenvalue weighted by molar-refractivity contribution is 5.83. The van der Waals surface area contributed by atoms with Gasteiger partial charge in [0.2, 0.25) is 0 Å². The molecule has 0 aromatic rings. The van der Waals surface area contributed by atoms with Crippen LogP contribution in [0.2, 0.25) is 0 Å². The van der Waals surface area contributed by atoms with Crippen LogP contribution in [-0.2, 0) is 4.74 Å². The molecule has 0 unspecified atom stereocenters. The van der Waals surface area contributed by atoms with E-state index < -0.39 is 0 Å². The van der Waals surface area contributed by atoms with E-state index in [0.717, 1.165) is 5.92 Å². The number of hydrogen-bond acceptors (Lipinski definition) is 2. The third-order valence-electron chi connectivity index (χ3n) is 5.23. The Morgan fingerprint density at radius 1 is 1.13 bits per heavy atom. The summed E-state index contributed by atoms with van der Waals surface area (Å²) in [6, 6.07) is 0. The average molecular weight is 207 g/mol. The van der Waals surface area contributed by atoms with Gasteiger partial charge in [0.1, 0.15) is 0 Å². The highest BCUT2D eigenvalue weighted by Gasteiger charge is 2.72. The van der Waals surface area contributed by atoms with Crippen LogP contribution >= 0.6 is 0 Å². The summed E-state index contributed by atoms with van der Waals surface area (Å²) >= 11 is 0. The first-order valence-electron chi connectivity index (χ1n) is 6.34. The number of nitrogens with one attached hydrogen (secondary N) is 1. The molecule has 84 valence electrons. The van der Waals surface area contributed by atoms with Crippen LogP contribution in [0.3, 0.4) is 0 Å². The minimum atomic E-state index is 0.201. The van der Waals surface area contributed by atoms with Gasteiger partial charge in [0.05, 0.1) is 7.11 Å². The maximum absolute atomic E-state index is 7.81. The normalized spacial score (nSPS) is 44.1. The minimum absolute atomic E-state index is 0.201. The standard InChI is InChI=1S/C13H21NO/c1-15-11(14)13-7-12(8-13,9-13)10-5-3-2-4-6-10/h10,14H,2-9H2,1H3. The molecule has 0 radical (unpaired) electrons. The lowest BCUT2D eigenvalue weighted by molar-refractivity contribution is -0.206. The van der Waals surface area contributed by atoms with Crippen molar-refractivity contribution in [3.63, 3.8) is 0 Å². The first kappa shape index (κ1) is 9.68. The summed E-state index contributed by atoms with van der Waals surface area (Å²) in [6.07, 6.45) is 11.0. The van der Waals surface area contributed by atoms with Gasteiger partial charge in [-0.25, -0.2) is 0 Å². The molecular weight excluding hydrogens is 186 g/mol. The van der Waals surface area contributed by atoms with Crippen LogP contribution in [0.25, 0.3) is 0 Å². The zero-order chi connectivity index (χ0) is 10.5. The van der Waals surface area contributed by atoms with Gasteiger partial charge in [-0.1, -0.05) is 19.3 Å². The van der Waals surface area contributed by atoms with Crippen LogP contribution in [-0.4, -0.2) is 13.0 Å². The lowest BCUT2D eigenvalue weighted by atomic mass is 9.31. The fourth-order valence-corrected chi connectivity index (χ4v) is 4.47. The van der Waals surface area contributed by atoms with E-state index in [-0.39, 0.29) is 5.41 Å². The quantitative estimate of drug-likeness (QED) is 0.546. The van der Waals surface area contributed by atoms with Crippen LogP contribution in [0.1, 0.15) is 51.4 Å². The van der Waals surface area contributed by atoms with Crippen LogP contribution in [0.5, 0.6) is 0 Å². The number of ether oxygens (including phenoxy) is 1. The predicted molar refractivity (Wildman–Crippen MR) is 60.0 cm³/mol.